The maximum absolute atomic E-state index is 9.22. The summed E-state index contributed by atoms with van der Waals surface area (Å²) in [5.74, 6) is 0.351. The lowest BCUT2D eigenvalue weighted by Gasteiger charge is -2.14. The minimum absolute atomic E-state index is 0.0216. The first-order valence-corrected chi connectivity index (χ1v) is 5.64. The second-order valence-electron chi connectivity index (χ2n) is 4.26. The van der Waals surface area contributed by atoms with Gasteiger partial charge in [-0.1, -0.05) is 0 Å². The molecule has 2 atom stereocenters. The van der Waals surface area contributed by atoms with Gasteiger partial charge in [-0.3, -0.25) is 9.40 Å². The smallest absolute Gasteiger partial charge is 0.167 e. The van der Waals surface area contributed by atoms with Crippen molar-refractivity contribution in [1.29, 1.82) is 0 Å². The molecular formula is C10H14N6O2. The third-order valence-electron chi connectivity index (χ3n) is 3.18. The summed E-state index contributed by atoms with van der Waals surface area (Å²) >= 11 is 0. The van der Waals surface area contributed by atoms with E-state index < -0.39 is 0 Å². The molecule has 1 fully saturated rings. The molecule has 1 aliphatic heterocycles. The zero-order valence-electron chi connectivity index (χ0n) is 9.89. The number of nitrogens with two attached hydrogens (primary N) is 1. The van der Waals surface area contributed by atoms with E-state index in [1.807, 2.05) is 0 Å². The quantitative estimate of drug-likeness (QED) is 0.743. The fraction of sp³-hybridized carbons (Fsp3) is 0.500. The van der Waals surface area contributed by atoms with Crippen LogP contribution in [0.1, 0.15) is 12.6 Å². The number of aliphatic hydroxyl groups excluding tert-OH is 1. The van der Waals surface area contributed by atoms with E-state index in [4.69, 9.17) is 10.6 Å². The van der Waals surface area contributed by atoms with Crippen LogP contribution in [0.5, 0.6) is 0 Å². The third-order valence-corrected chi connectivity index (χ3v) is 3.18. The lowest BCUT2D eigenvalue weighted by molar-refractivity contribution is -0.168. The Morgan fingerprint density at radius 1 is 1.50 bits per heavy atom. The van der Waals surface area contributed by atoms with Gasteiger partial charge < -0.3 is 10.8 Å². The maximum atomic E-state index is 9.22. The molecule has 3 rings (SSSR count). The van der Waals surface area contributed by atoms with E-state index >= 15 is 0 Å². The molecule has 96 valence electrons. The SMILES string of the molecule is CN1O[C@H](n2cnc3c(N)ncnc32)C[C@@H]1CO. The second kappa shape index (κ2) is 4.16. The number of nitrogens with zero attached hydrogens (tertiary/aromatic N) is 5. The molecule has 0 spiro atoms. The molecule has 8 heteroatoms. The number of likely N-dealkylation sites (N-methyl/N-ethyl adjacent to an activating group) is 1. The third kappa shape index (κ3) is 1.62. The molecule has 1 saturated heterocycles. The molecule has 3 heterocycles. The molecule has 3 N–H and O–H groups in total. The number of rotatable bonds is 2. The molecule has 2 aromatic heterocycles. The number of nitrogen functional groups attached to an aromatic ring is 1. The number of aliphatic hydroxyl groups is 1. The van der Waals surface area contributed by atoms with Crippen LogP contribution in [0.15, 0.2) is 12.7 Å². The molecule has 0 saturated carbocycles. The lowest BCUT2D eigenvalue weighted by Crippen LogP contribution is -2.26. The first-order chi connectivity index (χ1) is 8.70. The summed E-state index contributed by atoms with van der Waals surface area (Å²) in [7, 11) is 1.79. The van der Waals surface area contributed by atoms with Crippen molar-refractivity contribution >= 4 is 17.0 Å². The highest BCUT2D eigenvalue weighted by Crippen LogP contribution is 2.30. The summed E-state index contributed by atoms with van der Waals surface area (Å²) in [4.78, 5) is 17.9. The number of anilines is 1. The van der Waals surface area contributed by atoms with E-state index in [1.54, 1.807) is 23.0 Å². The standard InChI is InChI=1S/C10H14N6O2/c1-15-6(3-17)2-7(18-15)16-5-14-8-9(11)12-4-13-10(8)16/h4-7,17H,2-3H2,1H3,(H2,11,12,13)/t6-,7+/m1/s1. The Morgan fingerprint density at radius 2 is 2.33 bits per heavy atom. The zero-order chi connectivity index (χ0) is 12.7. The molecular weight excluding hydrogens is 236 g/mol. The van der Waals surface area contributed by atoms with Gasteiger partial charge in [-0.05, 0) is 0 Å². The van der Waals surface area contributed by atoms with Crippen LogP contribution in [-0.4, -0.2) is 49.4 Å². The summed E-state index contributed by atoms with van der Waals surface area (Å²) in [5, 5.41) is 10.9. The highest BCUT2D eigenvalue weighted by Gasteiger charge is 2.32. The molecule has 8 nitrogen and oxygen atoms in total. The Labute approximate surface area is 103 Å². The number of hydroxylamine groups is 2. The minimum atomic E-state index is -0.230. The molecule has 1 aliphatic rings. The summed E-state index contributed by atoms with van der Waals surface area (Å²) in [6.45, 7) is 0.0523. The predicted molar refractivity (Wildman–Crippen MR) is 63.1 cm³/mol. The normalized spacial score (nSPS) is 25.0. The van der Waals surface area contributed by atoms with Gasteiger partial charge >= 0.3 is 0 Å². The van der Waals surface area contributed by atoms with Crippen LogP contribution in [0.25, 0.3) is 11.2 Å². The van der Waals surface area contributed by atoms with E-state index in [0.29, 0.717) is 23.4 Å². The van der Waals surface area contributed by atoms with Crippen molar-refractivity contribution in [3.8, 4) is 0 Å². The van der Waals surface area contributed by atoms with Crippen LogP contribution in [0.3, 0.4) is 0 Å². The van der Waals surface area contributed by atoms with Crippen molar-refractivity contribution in [2.24, 2.45) is 0 Å². The van der Waals surface area contributed by atoms with Crippen LogP contribution in [0.2, 0.25) is 0 Å². The Balaban J connectivity index is 1.99. The van der Waals surface area contributed by atoms with Gasteiger partial charge in [0.1, 0.15) is 11.8 Å². The van der Waals surface area contributed by atoms with Gasteiger partial charge in [0, 0.05) is 13.5 Å². The Kier molecular flexibility index (Phi) is 2.62. The van der Waals surface area contributed by atoms with E-state index in [1.165, 1.54) is 6.33 Å². The lowest BCUT2D eigenvalue weighted by atomic mass is 10.2. The average molecular weight is 250 g/mol. The molecule has 18 heavy (non-hydrogen) atoms. The fourth-order valence-electron chi connectivity index (χ4n) is 2.14. The summed E-state index contributed by atoms with van der Waals surface area (Å²) in [5.41, 5.74) is 6.94. The average Bonchev–Trinajstić information content (AvgIpc) is 2.93. The highest BCUT2D eigenvalue weighted by atomic mass is 16.7. The van der Waals surface area contributed by atoms with Crippen LogP contribution in [-0.2, 0) is 4.84 Å². The van der Waals surface area contributed by atoms with Crippen LogP contribution >= 0.6 is 0 Å². The Hall–Kier alpha value is -1.77. The van der Waals surface area contributed by atoms with Gasteiger partial charge in [-0.25, -0.2) is 15.0 Å². The summed E-state index contributed by atoms with van der Waals surface area (Å²) < 4.78 is 1.81. The number of hydrogen-bond donors (Lipinski definition) is 2. The van der Waals surface area contributed by atoms with Gasteiger partial charge in [-0.2, -0.15) is 5.06 Å². The molecule has 0 amide bonds. The monoisotopic (exact) mass is 250 g/mol. The summed E-state index contributed by atoms with van der Waals surface area (Å²) in [6, 6.07) is -0.0216. The van der Waals surface area contributed by atoms with E-state index in [0.717, 1.165) is 0 Å². The number of hydrogen-bond acceptors (Lipinski definition) is 7. The van der Waals surface area contributed by atoms with Crippen LogP contribution in [0, 0.1) is 0 Å². The molecule has 2 aromatic rings. The fourth-order valence-corrected chi connectivity index (χ4v) is 2.14. The van der Waals surface area contributed by atoms with Gasteiger partial charge in [0.25, 0.3) is 0 Å². The van der Waals surface area contributed by atoms with Crippen LogP contribution < -0.4 is 5.73 Å². The highest BCUT2D eigenvalue weighted by molar-refractivity contribution is 5.81. The minimum Gasteiger partial charge on any atom is -0.395 e. The molecule has 0 aromatic carbocycles. The van der Waals surface area contributed by atoms with Gasteiger partial charge in [0.05, 0.1) is 19.0 Å². The summed E-state index contributed by atoms with van der Waals surface area (Å²) in [6.07, 6.45) is 3.47. The van der Waals surface area contributed by atoms with E-state index in [9.17, 15) is 5.11 Å². The molecule has 0 aliphatic carbocycles. The number of imidazole rings is 1. The van der Waals surface area contributed by atoms with Crippen molar-refractivity contribution in [3.05, 3.63) is 12.7 Å². The first-order valence-electron chi connectivity index (χ1n) is 5.64. The predicted octanol–water partition coefficient (Wildman–Crippen LogP) is -0.465. The van der Waals surface area contributed by atoms with Crippen molar-refractivity contribution in [2.45, 2.75) is 18.7 Å². The van der Waals surface area contributed by atoms with E-state index in [2.05, 4.69) is 15.0 Å². The second-order valence-corrected chi connectivity index (χ2v) is 4.26. The van der Waals surface area contributed by atoms with Gasteiger partial charge in [0.2, 0.25) is 0 Å². The van der Waals surface area contributed by atoms with Crippen molar-refractivity contribution < 1.29 is 9.94 Å². The Bertz CT molecular complexity index is 570. The van der Waals surface area contributed by atoms with Gasteiger partial charge in [-0.15, -0.1) is 0 Å². The topological polar surface area (TPSA) is 102 Å². The maximum Gasteiger partial charge on any atom is 0.167 e. The van der Waals surface area contributed by atoms with E-state index in [-0.39, 0.29) is 18.9 Å². The zero-order valence-corrected chi connectivity index (χ0v) is 9.89. The largest absolute Gasteiger partial charge is 0.395 e. The van der Waals surface area contributed by atoms with Crippen molar-refractivity contribution in [3.63, 3.8) is 0 Å². The van der Waals surface area contributed by atoms with Crippen molar-refractivity contribution in [1.82, 2.24) is 24.6 Å². The molecule has 0 bridgehead atoms. The molecule has 0 radical (unpaired) electrons. The van der Waals surface area contributed by atoms with Crippen molar-refractivity contribution in [2.75, 3.05) is 19.4 Å². The number of fused-ring (bicyclic) bond motifs is 1. The Morgan fingerprint density at radius 3 is 3.06 bits per heavy atom. The molecule has 0 unspecified atom stereocenters. The van der Waals surface area contributed by atoms with Gasteiger partial charge in [0.15, 0.2) is 17.7 Å². The number of aromatic nitrogens is 4. The van der Waals surface area contributed by atoms with Crippen LogP contribution in [0.4, 0.5) is 5.82 Å². The first kappa shape index (κ1) is 11.3.